The number of urea groups is 1. The molecule has 1 atom stereocenters. The Morgan fingerprint density at radius 1 is 1.10 bits per heavy atom. The lowest BCUT2D eigenvalue weighted by Gasteiger charge is -2.23. The molecule has 2 N–H and O–H groups in total. The fraction of sp³-hybridized carbons (Fsp3) is 0.238. The molecule has 1 fully saturated rings. The number of benzene rings is 2. The smallest absolute Gasteiger partial charge is 0.320 e. The van der Waals surface area contributed by atoms with Crippen molar-refractivity contribution in [3.05, 3.63) is 68.1 Å². The second-order valence-corrected chi connectivity index (χ2v) is 9.01. The highest BCUT2D eigenvalue weighted by Crippen LogP contribution is 2.34. The summed E-state index contributed by atoms with van der Waals surface area (Å²) in [6.45, 7) is 2.50. The average Bonchev–Trinajstić information content (AvgIpc) is 3.40. The van der Waals surface area contributed by atoms with Crippen molar-refractivity contribution in [2.45, 2.75) is 25.8 Å². The van der Waals surface area contributed by atoms with E-state index in [1.807, 2.05) is 19.1 Å². The van der Waals surface area contributed by atoms with Crippen molar-refractivity contribution in [2.75, 3.05) is 17.2 Å². The Bertz CT molecular complexity index is 1140. The van der Waals surface area contributed by atoms with E-state index in [-0.39, 0.29) is 23.0 Å². The van der Waals surface area contributed by atoms with Crippen LogP contribution >= 0.6 is 34.5 Å². The van der Waals surface area contributed by atoms with Crippen LogP contribution < -0.4 is 10.6 Å². The molecule has 1 aromatic heterocycles. The van der Waals surface area contributed by atoms with Crippen LogP contribution in [0.1, 0.15) is 39.3 Å². The van der Waals surface area contributed by atoms with Crippen LogP contribution in [0.25, 0.3) is 0 Å². The van der Waals surface area contributed by atoms with Gasteiger partial charge in [0, 0.05) is 28.0 Å². The monoisotopic (exact) mass is 475 g/mol. The molecule has 2 heterocycles. The average molecular weight is 476 g/mol. The van der Waals surface area contributed by atoms with E-state index < -0.39 is 0 Å². The molecule has 160 valence electrons. The molecular formula is C21H19Cl2N5O2S. The fourth-order valence-electron chi connectivity index (χ4n) is 3.34. The van der Waals surface area contributed by atoms with Gasteiger partial charge in [-0.3, -0.25) is 4.79 Å². The molecule has 1 saturated heterocycles. The number of likely N-dealkylation sites (tertiary alicyclic amines) is 1. The molecule has 4 rings (SSSR count). The molecule has 0 bridgehead atoms. The van der Waals surface area contributed by atoms with Crippen molar-refractivity contribution in [1.82, 2.24) is 15.1 Å². The van der Waals surface area contributed by atoms with Crippen molar-refractivity contribution >= 4 is 57.9 Å². The number of carbonyl (C=O) groups is 2. The number of carbonyl (C=O) groups excluding carboxylic acids is 2. The van der Waals surface area contributed by atoms with Crippen molar-refractivity contribution in [1.29, 1.82) is 0 Å². The molecule has 7 nitrogen and oxygen atoms in total. The quantitative estimate of drug-likeness (QED) is 0.500. The van der Waals surface area contributed by atoms with Gasteiger partial charge >= 0.3 is 6.03 Å². The molecule has 0 saturated carbocycles. The summed E-state index contributed by atoms with van der Waals surface area (Å²) in [6.07, 6.45) is 1.60. The highest BCUT2D eigenvalue weighted by Gasteiger charge is 2.33. The first-order chi connectivity index (χ1) is 14.9. The maximum Gasteiger partial charge on any atom is 0.322 e. The third kappa shape index (κ3) is 4.98. The normalized spacial score (nSPS) is 15.7. The SMILES string of the molecule is Cc1ccc(NC(=O)N2CCCC2c2nnc(C(=O)Nc3cccc(Cl)c3)s2)cc1Cl. The molecule has 2 aromatic carbocycles. The maximum absolute atomic E-state index is 12.8. The van der Waals surface area contributed by atoms with Crippen LogP contribution in [0.5, 0.6) is 0 Å². The number of hydrogen-bond acceptors (Lipinski definition) is 5. The van der Waals surface area contributed by atoms with Crippen molar-refractivity contribution in [2.24, 2.45) is 0 Å². The third-order valence-electron chi connectivity index (χ3n) is 4.94. The topological polar surface area (TPSA) is 87.2 Å². The van der Waals surface area contributed by atoms with Gasteiger partial charge in [0.15, 0.2) is 0 Å². The number of halogens is 2. The Morgan fingerprint density at radius 2 is 1.90 bits per heavy atom. The Hall–Kier alpha value is -2.68. The van der Waals surface area contributed by atoms with E-state index in [2.05, 4.69) is 20.8 Å². The van der Waals surface area contributed by atoms with Gasteiger partial charge in [0.05, 0.1) is 6.04 Å². The molecule has 10 heteroatoms. The molecular weight excluding hydrogens is 457 g/mol. The van der Waals surface area contributed by atoms with Gasteiger partial charge in [0.25, 0.3) is 5.91 Å². The first-order valence-electron chi connectivity index (χ1n) is 9.65. The van der Waals surface area contributed by atoms with Crippen LogP contribution in [0.4, 0.5) is 16.2 Å². The van der Waals surface area contributed by atoms with Crippen molar-refractivity contribution < 1.29 is 9.59 Å². The minimum Gasteiger partial charge on any atom is -0.320 e. The molecule has 1 aliphatic rings. The zero-order valence-electron chi connectivity index (χ0n) is 16.6. The number of nitrogens with one attached hydrogen (secondary N) is 2. The van der Waals surface area contributed by atoms with Crippen LogP contribution in [0, 0.1) is 6.92 Å². The molecule has 1 unspecified atom stereocenters. The third-order valence-corrected chi connectivity index (χ3v) is 6.60. The highest BCUT2D eigenvalue weighted by molar-refractivity contribution is 7.13. The summed E-state index contributed by atoms with van der Waals surface area (Å²) in [5.74, 6) is -0.366. The maximum atomic E-state index is 12.8. The molecule has 0 aliphatic carbocycles. The molecule has 3 aromatic rings. The second kappa shape index (κ2) is 9.21. The van der Waals surface area contributed by atoms with Gasteiger partial charge in [-0.05, 0) is 55.7 Å². The zero-order valence-corrected chi connectivity index (χ0v) is 18.9. The van der Waals surface area contributed by atoms with E-state index in [1.54, 1.807) is 35.2 Å². The van der Waals surface area contributed by atoms with Gasteiger partial charge < -0.3 is 15.5 Å². The minimum absolute atomic E-state index is 0.229. The predicted molar refractivity (Wildman–Crippen MR) is 123 cm³/mol. The van der Waals surface area contributed by atoms with Gasteiger partial charge in [0.1, 0.15) is 5.01 Å². The summed E-state index contributed by atoms with van der Waals surface area (Å²) in [4.78, 5) is 27.1. The summed E-state index contributed by atoms with van der Waals surface area (Å²) < 4.78 is 0. The minimum atomic E-state index is -0.366. The van der Waals surface area contributed by atoms with E-state index in [9.17, 15) is 9.59 Å². The molecule has 0 radical (unpaired) electrons. The van der Waals surface area contributed by atoms with Crippen LogP contribution in [-0.2, 0) is 0 Å². The van der Waals surface area contributed by atoms with Gasteiger partial charge in [-0.25, -0.2) is 4.79 Å². The lowest BCUT2D eigenvalue weighted by atomic mass is 10.2. The number of anilines is 2. The van der Waals surface area contributed by atoms with Crippen LogP contribution in [0.2, 0.25) is 10.0 Å². The first-order valence-corrected chi connectivity index (χ1v) is 11.2. The standard InChI is InChI=1S/C21H19Cl2N5O2S/c1-12-7-8-15(11-16(12)23)25-21(30)28-9-3-6-17(28)19-26-27-20(31-19)18(29)24-14-5-2-4-13(22)10-14/h2,4-5,7-8,10-11,17H,3,6,9H2,1H3,(H,24,29)(H,25,30). The predicted octanol–water partition coefficient (Wildman–Crippen LogP) is 5.77. The summed E-state index contributed by atoms with van der Waals surface area (Å²) in [5, 5.41) is 15.8. The van der Waals surface area contributed by atoms with Crippen LogP contribution in [0.3, 0.4) is 0 Å². The Morgan fingerprint density at radius 3 is 2.68 bits per heavy atom. The number of amides is 3. The number of nitrogens with zero attached hydrogens (tertiary/aromatic N) is 3. The number of rotatable bonds is 4. The second-order valence-electron chi connectivity index (χ2n) is 7.16. The fourth-order valence-corrected chi connectivity index (χ4v) is 4.60. The van der Waals surface area contributed by atoms with Gasteiger partial charge in [-0.15, -0.1) is 10.2 Å². The van der Waals surface area contributed by atoms with Gasteiger partial charge in [-0.1, -0.05) is 46.7 Å². The van der Waals surface area contributed by atoms with Crippen molar-refractivity contribution in [3.8, 4) is 0 Å². The summed E-state index contributed by atoms with van der Waals surface area (Å²) in [6, 6.07) is 11.8. The number of hydrogen-bond donors (Lipinski definition) is 2. The van der Waals surface area contributed by atoms with E-state index >= 15 is 0 Å². The lowest BCUT2D eigenvalue weighted by molar-refractivity contribution is 0.102. The van der Waals surface area contributed by atoms with E-state index in [0.717, 1.165) is 18.4 Å². The van der Waals surface area contributed by atoms with E-state index in [1.165, 1.54) is 11.3 Å². The Kier molecular flexibility index (Phi) is 6.41. The lowest BCUT2D eigenvalue weighted by Crippen LogP contribution is -2.34. The van der Waals surface area contributed by atoms with Crippen molar-refractivity contribution in [3.63, 3.8) is 0 Å². The van der Waals surface area contributed by atoms with E-state index in [0.29, 0.717) is 33.0 Å². The van der Waals surface area contributed by atoms with Gasteiger partial charge in [-0.2, -0.15) is 0 Å². The molecule has 31 heavy (non-hydrogen) atoms. The van der Waals surface area contributed by atoms with E-state index in [4.69, 9.17) is 23.2 Å². The summed E-state index contributed by atoms with van der Waals surface area (Å²) >= 11 is 13.3. The number of aryl methyl sites for hydroxylation is 1. The number of aromatic nitrogens is 2. The largest absolute Gasteiger partial charge is 0.322 e. The Balaban J connectivity index is 1.45. The first kappa shape index (κ1) is 21.5. The summed E-state index contributed by atoms with van der Waals surface area (Å²) in [5.41, 5.74) is 2.15. The Labute approximate surface area is 193 Å². The highest BCUT2D eigenvalue weighted by atomic mass is 35.5. The van der Waals surface area contributed by atoms with Crippen LogP contribution in [-0.4, -0.2) is 33.6 Å². The molecule has 1 aliphatic heterocycles. The zero-order chi connectivity index (χ0) is 22.0. The van der Waals surface area contributed by atoms with Crippen LogP contribution in [0.15, 0.2) is 42.5 Å². The molecule has 3 amide bonds. The molecule has 0 spiro atoms. The summed E-state index contributed by atoms with van der Waals surface area (Å²) in [7, 11) is 0. The van der Waals surface area contributed by atoms with Gasteiger partial charge in [0.2, 0.25) is 5.01 Å².